The molecule has 0 fully saturated rings. The number of hydrogen-bond donors (Lipinski definition) is 1. The SMILES string of the molecule is CC(CCC(=O)O)C(=O)N(C)c1ccc(Cl)cc1. The highest BCUT2D eigenvalue weighted by atomic mass is 35.5. The van der Waals surface area contributed by atoms with Gasteiger partial charge in [0.1, 0.15) is 0 Å². The Morgan fingerprint density at radius 2 is 1.89 bits per heavy atom. The summed E-state index contributed by atoms with van der Waals surface area (Å²) in [5, 5.41) is 9.20. The molecule has 0 heterocycles. The van der Waals surface area contributed by atoms with Gasteiger partial charge in [0.15, 0.2) is 0 Å². The zero-order valence-corrected chi connectivity index (χ0v) is 11.1. The lowest BCUT2D eigenvalue weighted by atomic mass is 10.0. The summed E-state index contributed by atoms with van der Waals surface area (Å²) in [5.41, 5.74) is 0.742. The number of carbonyl (C=O) groups excluding carboxylic acids is 1. The van der Waals surface area contributed by atoms with E-state index in [2.05, 4.69) is 0 Å². The second-order valence-electron chi connectivity index (χ2n) is 4.21. The van der Waals surface area contributed by atoms with Crippen molar-refractivity contribution in [1.82, 2.24) is 0 Å². The maximum atomic E-state index is 12.0. The second-order valence-corrected chi connectivity index (χ2v) is 4.64. The highest BCUT2D eigenvalue weighted by Gasteiger charge is 2.19. The number of hydrogen-bond acceptors (Lipinski definition) is 2. The Kier molecular flexibility index (Phi) is 5.16. The third kappa shape index (κ3) is 4.04. The van der Waals surface area contributed by atoms with Gasteiger partial charge in [-0.25, -0.2) is 0 Å². The van der Waals surface area contributed by atoms with E-state index in [0.717, 1.165) is 5.69 Å². The van der Waals surface area contributed by atoms with Gasteiger partial charge in [-0.3, -0.25) is 9.59 Å². The van der Waals surface area contributed by atoms with E-state index in [1.165, 1.54) is 4.90 Å². The van der Waals surface area contributed by atoms with Crippen LogP contribution in [-0.2, 0) is 9.59 Å². The maximum Gasteiger partial charge on any atom is 0.303 e. The summed E-state index contributed by atoms with van der Waals surface area (Å²) in [6, 6.07) is 6.93. The molecular formula is C13H16ClNO3. The Bertz CT molecular complexity index is 430. The molecule has 98 valence electrons. The summed E-state index contributed by atoms with van der Waals surface area (Å²) < 4.78 is 0. The van der Waals surface area contributed by atoms with E-state index in [4.69, 9.17) is 16.7 Å². The minimum atomic E-state index is -0.885. The van der Waals surface area contributed by atoms with Gasteiger partial charge in [0, 0.05) is 30.1 Å². The van der Waals surface area contributed by atoms with Gasteiger partial charge in [0.25, 0.3) is 0 Å². The third-order valence-electron chi connectivity index (χ3n) is 2.76. The Morgan fingerprint density at radius 3 is 2.39 bits per heavy atom. The van der Waals surface area contributed by atoms with Gasteiger partial charge in [-0.15, -0.1) is 0 Å². The molecule has 18 heavy (non-hydrogen) atoms. The van der Waals surface area contributed by atoms with Crippen LogP contribution in [0, 0.1) is 5.92 Å². The molecule has 1 amide bonds. The molecule has 0 spiro atoms. The zero-order chi connectivity index (χ0) is 13.7. The van der Waals surface area contributed by atoms with Crippen molar-refractivity contribution in [2.45, 2.75) is 19.8 Å². The second kappa shape index (κ2) is 6.40. The summed E-state index contributed by atoms with van der Waals surface area (Å²) in [5.74, 6) is -1.30. The van der Waals surface area contributed by atoms with Gasteiger partial charge in [0.2, 0.25) is 5.91 Å². The fraction of sp³-hybridized carbons (Fsp3) is 0.385. The number of amides is 1. The fourth-order valence-electron chi connectivity index (χ4n) is 1.59. The predicted molar refractivity (Wildman–Crippen MR) is 70.9 cm³/mol. The van der Waals surface area contributed by atoms with Gasteiger partial charge in [0.05, 0.1) is 0 Å². The third-order valence-corrected chi connectivity index (χ3v) is 3.01. The van der Waals surface area contributed by atoms with E-state index < -0.39 is 5.97 Å². The Morgan fingerprint density at radius 1 is 1.33 bits per heavy atom. The molecule has 1 aromatic carbocycles. The molecule has 0 radical (unpaired) electrons. The van der Waals surface area contributed by atoms with E-state index in [0.29, 0.717) is 11.4 Å². The van der Waals surface area contributed by atoms with Crippen LogP contribution in [0.3, 0.4) is 0 Å². The van der Waals surface area contributed by atoms with Crippen LogP contribution in [0.1, 0.15) is 19.8 Å². The molecule has 1 unspecified atom stereocenters. The molecule has 0 aliphatic rings. The quantitative estimate of drug-likeness (QED) is 0.894. The van der Waals surface area contributed by atoms with E-state index in [1.807, 2.05) is 0 Å². The van der Waals surface area contributed by atoms with Gasteiger partial charge in [-0.1, -0.05) is 18.5 Å². The minimum absolute atomic E-state index is 0.00135. The summed E-state index contributed by atoms with van der Waals surface area (Å²) in [6.07, 6.45) is 0.341. The van der Waals surface area contributed by atoms with Gasteiger partial charge in [-0.2, -0.15) is 0 Å². The number of benzene rings is 1. The minimum Gasteiger partial charge on any atom is -0.481 e. The normalized spacial score (nSPS) is 11.9. The van der Waals surface area contributed by atoms with E-state index >= 15 is 0 Å². The molecule has 0 aliphatic carbocycles. The van der Waals surface area contributed by atoms with Crippen molar-refractivity contribution < 1.29 is 14.7 Å². The smallest absolute Gasteiger partial charge is 0.303 e. The first kappa shape index (κ1) is 14.5. The van der Waals surface area contributed by atoms with Crippen molar-refractivity contribution in [2.24, 2.45) is 5.92 Å². The van der Waals surface area contributed by atoms with E-state index in [9.17, 15) is 9.59 Å². The molecule has 1 aromatic rings. The largest absolute Gasteiger partial charge is 0.481 e. The van der Waals surface area contributed by atoms with Crippen molar-refractivity contribution in [3.8, 4) is 0 Å². The molecule has 0 bridgehead atoms. The number of nitrogens with zero attached hydrogens (tertiary/aromatic N) is 1. The highest BCUT2D eigenvalue weighted by molar-refractivity contribution is 6.30. The van der Waals surface area contributed by atoms with Crippen LogP contribution in [0.5, 0.6) is 0 Å². The highest BCUT2D eigenvalue weighted by Crippen LogP contribution is 2.19. The lowest BCUT2D eigenvalue weighted by Crippen LogP contribution is -2.31. The summed E-state index contributed by atoms with van der Waals surface area (Å²) in [6.45, 7) is 1.73. The van der Waals surface area contributed by atoms with Crippen LogP contribution in [-0.4, -0.2) is 24.0 Å². The average molecular weight is 270 g/mol. The molecule has 4 nitrogen and oxygen atoms in total. The average Bonchev–Trinajstić information content (AvgIpc) is 2.35. The van der Waals surface area contributed by atoms with E-state index in [1.54, 1.807) is 38.2 Å². The first-order valence-electron chi connectivity index (χ1n) is 5.66. The van der Waals surface area contributed by atoms with Crippen LogP contribution < -0.4 is 4.90 Å². The van der Waals surface area contributed by atoms with Crippen molar-refractivity contribution in [3.05, 3.63) is 29.3 Å². The maximum absolute atomic E-state index is 12.0. The number of anilines is 1. The van der Waals surface area contributed by atoms with Crippen LogP contribution in [0.2, 0.25) is 5.02 Å². The van der Waals surface area contributed by atoms with Gasteiger partial charge >= 0.3 is 5.97 Å². The molecule has 1 atom stereocenters. The Balaban J connectivity index is 2.65. The monoisotopic (exact) mass is 269 g/mol. The summed E-state index contributed by atoms with van der Waals surface area (Å²) in [7, 11) is 1.67. The molecule has 1 N–H and O–H groups in total. The van der Waals surface area contributed by atoms with Crippen molar-refractivity contribution in [1.29, 1.82) is 0 Å². The Labute approximate surface area is 111 Å². The Hall–Kier alpha value is -1.55. The number of aliphatic carboxylic acids is 1. The number of rotatable bonds is 5. The number of carbonyl (C=O) groups is 2. The van der Waals surface area contributed by atoms with Gasteiger partial charge in [-0.05, 0) is 30.7 Å². The molecule has 0 aromatic heterocycles. The lowest BCUT2D eigenvalue weighted by Gasteiger charge is -2.21. The first-order valence-corrected chi connectivity index (χ1v) is 6.04. The first-order chi connectivity index (χ1) is 8.41. The van der Waals surface area contributed by atoms with Crippen LogP contribution in [0.15, 0.2) is 24.3 Å². The molecular weight excluding hydrogens is 254 g/mol. The van der Waals surface area contributed by atoms with Crippen LogP contribution >= 0.6 is 11.6 Å². The molecule has 0 saturated carbocycles. The molecule has 5 heteroatoms. The predicted octanol–water partition coefficient (Wildman–Crippen LogP) is 2.80. The standard InChI is InChI=1S/C13H16ClNO3/c1-9(3-8-12(16)17)13(18)15(2)11-6-4-10(14)5-7-11/h4-7,9H,3,8H2,1-2H3,(H,16,17). The molecule has 0 aliphatic heterocycles. The molecule has 0 saturated heterocycles. The van der Waals surface area contributed by atoms with Crippen LogP contribution in [0.4, 0.5) is 5.69 Å². The van der Waals surface area contributed by atoms with Gasteiger partial charge < -0.3 is 10.0 Å². The number of halogens is 1. The molecule has 1 rings (SSSR count). The zero-order valence-electron chi connectivity index (χ0n) is 10.4. The number of carboxylic acid groups (broad SMARTS) is 1. The van der Waals surface area contributed by atoms with Crippen molar-refractivity contribution >= 4 is 29.2 Å². The fourth-order valence-corrected chi connectivity index (χ4v) is 1.71. The lowest BCUT2D eigenvalue weighted by molar-refractivity contribution is -0.137. The van der Waals surface area contributed by atoms with Crippen LogP contribution in [0.25, 0.3) is 0 Å². The number of carboxylic acids is 1. The summed E-state index contributed by atoms with van der Waals surface area (Å²) in [4.78, 5) is 24.0. The van der Waals surface area contributed by atoms with E-state index in [-0.39, 0.29) is 18.2 Å². The van der Waals surface area contributed by atoms with Crippen molar-refractivity contribution in [2.75, 3.05) is 11.9 Å². The summed E-state index contributed by atoms with van der Waals surface area (Å²) >= 11 is 5.77. The topological polar surface area (TPSA) is 57.6 Å². The van der Waals surface area contributed by atoms with Crippen molar-refractivity contribution in [3.63, 3.8) is 0 Å².